The van der Waals surface area contributed by atoms with Crippen molar-refractivity contribution in [2.75, 3.05) is 7.05 Å². The smallest absolute Gasteiger partial charge is 0.0946 e. The quantitative estimate of drug-likeness (QED) is 0.850. The van der Waals surface area contributed by atoms with Gasteiger partial charge in [0.15, 0.2) is 0 Å². The maximum Gasteiger partial charge on any atom is 0.0946 e. The lowest BCUT2D eigenvalue weighted by atomic mass is 9.78. The van der Waals surface area contributed by atoms with Crippen molar-refractivity contribution in [1.29, 1.82) is 0 Å². The van der Waals surface area contributed by atoms with Crippen molar-refractivity contribution in [2.45, 2.75) is 38.6 Å². The van der Waals surface area contributed by atoms with Crippen LogP contribution in [0.25, 0.3) is 0 Å². The van der Waals surface area contributed by atoms with Gasteiger partial charge in [-0.05, 0) is 31.7 Å². The molecule has 0 aliphatic heterocycles. The van der Waals surface area contributed by atoms with E-state index >= 15 is 0 Å². The Morgan fingerprint density at radius 2 is 2.31 bits per heavy atom. The van der Waals surface area contributed by atoms with Gasteiger partial charge in [0.1, 0.15) is 0 Å². The summed E-state index contributed by atoms with van der Waals surface area (Å²) in [7, 11) is 4.15. The summed E-state index contributed by atoms with van der Waals surface area (Å²) in [4.78, 5) is 4.23. The molecule has 0 spiro atoms. The largest absolute Gasteiger partial charge is 0.336 e. The van der Waals surface area contributed by atoms with Gasteiger partial charge in [-0.1, -0.05) is 19.8 Å². The SMILES string of the molecule is CNC(c1cncn1C)C1CCCC(C)C1. The summed E-state index contributed by atoms with van der Waals surface area (Å²) in [5, 5.41) is 3.47. The highest BCUT2D eigenvalue weighted by atomic mass is 15.1. The minimum atomic E-state index is 0.468. The molecule has 1 aromatic heterocycles. The molecule has 0 amide bonds. The molecule has 3 heteroatoms. The fourth-order valence-electron chi connectivity index (χ4n) is 3.08. The Kier molecular flexibility index (Phi) is 3.64. The van der Waals surface area contributed by atoms with E-state index in [1.165, 1.54) is 31.4 Å². The molecule has 2 rings (SSSR count). The molecule has 3 nitrogen and oxygen atoms in total. The Balaban J connectivity index is 2.13. The predicted octanol–water partition coefficient (Wildman–Crippen LogP) is 2.51. The average molecular weight is 221 g/mol. The van der Waals surface area contributed by atoms with Crippen LogP contribution in [-0.2, 0) is 7.05 Å². The molecular weight excluding hydrogens is 198 g/mol. The normalized spacial score (nSPS) is 27.9. The van der Waals surface area contributed by atoms with Crippen LogP contribution in [-0.4, -0.2) is 16.6 Å². The van der Waals surface area contributed by atoms with Gasteiger partial charge in [-0.25, -0.2) is 4.98 Å². The molecule has 1 saturated carbocycles. The van der Waals surface area contributed by atoms with Crippen LogP contribution in [0.3, 0.4) is 0 Å². The van der Waals surface area contributed by atoms with Gasteiger partial charge in [0.2, 0.25) is 0 Å². The highest BCUT2D eigenvalue weighted by molar-refractivity contribution is 5.07. The Labute approximate surface area is 98.3 Å². The molecule has 1 fully saturated rings. The van der Waals surface area contributed by atoms with Gasteiger partial charge in [0.25, 0.3) is 0 Å². The van der Waals surface area contributed by atoms with Crippen LogP contribution in [0.2, 0.25) is 0 Å². The highest BCUT2D eigenvalue weighted by Crippen LogP contribution is 2.36. The van der Waals surface area contributed by atoms with E-state index in [4.69, 9.17) is 0 Å². The molecule has 3 atom stereocenters. The standard InChI is InChI=1S/C13H23N3/c1-10-5-4-6-11(7-10)13(14-2)12-8-15-9-16(12)3/h8-11,13-14H,4-7H2,1-3H3. The van der Waals surface area contributed by atoms with E-state index in [0.717, 1.165) is 11.8 Å². The minimum absolute atomic E-state index is 0.468. The summed E-state index contributed by atoms with van der Waals surface area (Å²) >= 11 is 0. The van der Waals surface area contributed by atoms with E-state index in [1.807, 2.05) is 12.5 Å². The molecule has 0 bridgehead atoms. The summed E-state index contributed by atoms with van der Waals surface area (Å²) in [5.74, 6) is 1.65. The zero-order valence-electron chi connectivity index (χ0n) is 10.6. The number of hydrogen-bond acceptors (Lipinski definition) is 2. The zero-order valence-corrected chi connectivity index (χ0v) is 10.6. The van der Waals surface area contributed by atoms with Crippen molar-refractivity contribution >= 4 is 0 Å². The third kappa shape index (κ3) is 2.29. The molecule has 0 aromatic carbocycles. The zero-order chi connectivity index (χ0) is 11.5. The fourth-order valence-corrected chi connectivity index (χ4v) is 3.08. The van der Waals surface area contributed by atoms with Gasteiger partial charge >= 0.3 is 0 Å². The van der Waals surface area contributed by atoms with Gasteiger partial charge in [-0.2, -0.15) is 0 Å². The highest BCUT2D eigenvalue weighted by Gasteiger charge is 2.28. The average Bonchev–Trinajstić information content (AvgIpc) is 2.67. The van der Waals surface area contributed by atoms with Gasteiger partial charge in [0.05, 0.1) is 18.1 Å². The van der Waals surface area contributed by atoms with Crippen molar-refractivity contribution in [2.24, 2.45) is 18.9 Å². The Bertz CT molecular complexity index is 332. The molecular formula is C13H23N3. The maximum atomic E-state index is 4.23. The molecule has 16 heavy (non-hydrogen) atoms. The molecule has 3 unspecified atom stereocenters. The van der Waals surface area contributed by atoms with Gasteiger partial charge in [0, 0.05) is 13.2 Å². The molecule has 90 valence electrons. The molecule has 1 aliphatic rings. The monoisotopic (exact) mass is 221 g/mol. The third-order valence-corrected chi connectivity index (χ3v) is 3.93. The molecule has 1 N–H and O–H groups in total. The number of aryl methyl sites for hydroxylation is 1. The molecule has 1 aromatic rings. The second kappa shape index (κ2) is 5.00. The number of hydrogen-bond donors (Lipinski definition) is 1. The fraction of sp³-hybridized carbons (Fsp3) is 0.769. The topological polar surface area (TPSA) is 29.9 Å². The second-order valence-electron chi connectivity index (χ2n) is 5.23. The summed E-state index contributed by atoms with van der Waals surface area (Å²) in [6.45, 7) is 2.38. The van der Waals surface area contributed by atoms with Crippen LogP contribution in [0, 0.1) is 11.8 Å². The third-order valence-electron chi connectivity index (χ3n) is 3.93. The van der Waals surface area contributed by atoms with E-state index < -0.39 is 0 Å². The van der Waals surface area contributed by atoms with Gasteiger partial charge in [-0.15, -0.1) is 0 Å². The summed E-state index contributed by atoms with van der Waals surface area (Å²) in [5.41, 5.74) is 1.32. The van der Waals surface area contributed by atoms with E-state index in [0.29, 0.717) is 6.04 Å². The minimum Gasteiger partial charge on any atom is -0.336 e. The van der Waals surface area contributed by atoms with Crippen LogP contribution in [0.4, 0.5) is 0 Å². The first-order valence-corrected chi connectivity index (χ1v) is 6.36. The van der Waals surface area contributed by atoms with Crippen LogP contribution in [0.15, 0.2) is 12.5 Å². The van der Waals surface area contributed by atoms with E-state index in [1.54, 1.807) is 0 Å². The van der Waals surface area contributed by atoms with E-state index in [2.05, 4.69) is 35.9 Å². The number of nitrogens with one attached hydrogen (secondary N) is 1. The van der Waals surface area contributed by atoms with Gasteiger partial charge in [-0.3, -0.25) is 0 Å². The Hall–Kier alpha value is -0.830. The summed E-state index contributed by atoms with van der Waals surface area (Å²) in [6, 6.07) is 0.468. The summed E-state index contributed by atoms with van der Waals surface area (Å²) in [6.07, 6.45) is 9.37. The van der Waals surface area contributed by atoms with E-state index in [9.17, 15) is 0 Å². The van der Waals surface area contributed by atoms with Gasteiger partial charge < -0.3 is 9.88 Å². The van der Waals surface area contributed by atoms with Crippen molar-refractivity contribution < 1.29 is 0 Å². The van der Waals surface area contributed by atoms with Crippen molar-refractivity contribution in [1.82, 2.24) is 14.9 Å². The first kappa shape index (κ1) is 11.6. The lowest BCUT2D eigenvalue weighted by molar-refractivity contribution is 0.225. The molecule has 0 radical (unpaired) electrons. The van der Waals surface area contributed by atoms with Crippen molar-refractivity contribution in [3.63, 3.8) is 0 Å². The predicted molar refractivity (Wildman–Crippen MR) is 66.1 cm³/mol. The molecule has 1 aliphatic carbocycles. The molecule has 0 saturated heterocycles. The number of aromatic nitrogens is 2. The molecule has 1 heterocycles. The Morgan fingerprint density at radius 1 is 1.50 bits per heavy atom. The van der Waals surface area contributed by atoms with Crippen LogP contribution < -0.4 is 5.32 Å². The van der Waals surface area contributed by atoms with Crippen molar-refractivity contribution in [3.05, 3.63) is 18.2 Å². The van der Waals surface area contributed by atoms with Crippen LogP contribution in [0.5, 0.6) is 0 Å². The number of rotatable bonds is 3. The maximum absolute atomic E-state index is 4.23. The van der Waals surface area contributed by atoms with Crippen molar-refractivity contribution in [3.8, 4) is 0 Å². The lowest BCUT2D eigenvalue weighted by Gasteiger charge is -2.33. The van der Waals surface area contributed by atoms with Crippen LogP contribution >= 0.6 is 0 Å². The number of nitrogens with zero attached hydrogens (tertiary/aromatic N) is 2. The van der Waals surface area contributed by atoms with E-state index in [-0.39, 0.29) is 0 Å². The Morgan fingerprint density at radius 3 is 2.88 bits per heavy atom. The summed E-state index contributed by atoms with van der Waals surface area (Å²) < 4.78 is 2.14. The second-order valence-corrected chi connectivity index (χ2v) is 5.23. The van der Waals surface area contributed by atoms with Crippen LogP contribution in [0.1, 0.15) is 44.3 Å². The lowest BCUT2D eigenvalue weighted by Crippen LogP contribution is -2.30. The number of imidazole rings is 1. The first-order chi connectivity index (χ1) is 7.72. The first-order valence-electron chi connectivity index (χ1n) is 6.36.